The lowest BCUT2D eigenvalue weighted by Crippen LogP contribution is -2.35. The molecule has 3 heterocycles. The van der Waals surface area contributed by atoms with Crippen LogP contribution < -0.4 is 14.8 Å². The van der Waals surface area contributed by atoms with E-state index < -0.39 is 0 Å². The lowest BCUT2D eigenvalue weighted by Gasteiger charge is -2.34. The molecule has 7 nitrogen and oxygen atoms in total. The summed E-state index contributed by atoms with van der Waals surface area (Å²) in [7, 11) is 1.64. The van der Waals surface area contributed by atoms with Gasteiger partial charge in [-0.15, -0.1) is 5.06 Å². The number of carbonyl (C=O) groups excluding carboxylic acids is 1. The van der Waals surface area contributed by atoms with Crippen LogP contribution in [0.3, 0.4) is 0 Å². The Bertz CT molecular complexity index is 922. The second kappa shape index (κ2) is 8.68. The van der Waals surface area contributed by atoms with Gasteiger partial charge in [0.25, 0.3) is 0 Å². The Morgan fingerprint density at radius 1 is 1.23 bits per heavy atom. The van der Waals surface area contributed by atoms with Crippen LogP contribution in [0.15, 0.2) is 18.3 Å². The van der Waals surface area contributed by atoms with Crippen molar-refractivity contribution in [3.8, 4) is 11.5 Å². The fourth-order valence-corrected chi connectivity index (χ4v) is 4.07. The molecular weight excluding hydrogens is 382 g/mol. The zero-order chi connectivity index (χ0) is 21.1. The first-order valence-corrected chi connectivity index (χ1v) is 10.8. The standard InChI is InChI=1S/C23H31N3O4/c1-23(2)9-8-16-15-24-18-14-20(19(28-3)13-17(18)22(16)25-23)29-12-6-7-21(27)30-26-10-4-5-11-26/h13-15,25H,4-12H2,1-3H3. The van der Waals surface area contributed by atoms with E-state index >= 15 is 0 Å². The molecule has 0 bridgehead atoms. The molecule has 0 radical (unpaired) electrons. The molecule has 1 N–H and O–H groups in total. The smallest absolute Gasteiger partial charge is 0.325 e. The highest BCUT2D eigenvalue weighted by atomic mass is 16.7. The van der Waals surface area contributed by atoms with E-state index in [2.05, 4.69) is 24.1 Å². The minimum atomic E-state index is -0.201. The van der Waals surface area contributed by atoms with E-state index in [9.17, 15) is 4.79 Å². The number of pyridine rings is 1. The van der Waals surface area contributed by atoms with Crippen LogP contribution in [-0.2, 0) is 16.1 Å². The first-order valence-electron chi connectivity index (χ1n) is 10.8. The van der Waals surface area contributed by atoms with Crippen molar-refractivity contribution in [2.45, 2.75) is 57.9 Å². The number of carbonyl (C=O) groups is 1. The summed E-state index contributed by atoms with van der Waals surface area (Å²) in [6.45, 7) is 6.50. The second-order valence-electron chi connectivity index (χ2n) is 8.74. The Hall–Kier alpha value is -2.54. The summed E-state index contributed by atoms with van der Waals surface area (Å²) in [5.41, 5.74) is 3.27. The predicted molar refractivity (Wildman–Crippen MR) is 116 cm³/mol. The third kappa shape index (κ3) is 4.61. The first kappa shape index (κ1) is 20.7. The molecule has 1 aromatic heterocycles. The maximum absolute atomic E-state index is 11.9. The summed E-state index contributed by atoms with van der Waals surface area (Å²) in [5.74, 6) is 1.11. The fraction of sp³-hybridized carbons (Fsp3) is 0.565. The number of methoxy groups -OCH3 is 1. The molecule has 0 saturated carbocycles. The second-order valence-corrected chi connectivity index (χ2v) is 8.74. The SMILES string of the molecule is COc1cc2c3c(cnc2cc1OCCCC(=O)ON1CCCC1)CCC(C)(C)N3. The van der Waals surface area contributed by atoms with Gasteiger partial charge in [0.05, 0.1) is 25.7 Å². The Kier molecular flexibility index (Phi) is 5.99. The van der Waals surface area contributed by atoms with E-state index in [1.165, 1.54) is 5.56 Å². The van der Waals surface area contributed by atoms with Gasteiger partial charge in [-0.25, -0.2) is 0 Å². The lowest BCUT2D eigenvalue weighted by atomic mass is 9.89. The van der Waals surface area contributed by atoms with Crippen molar-refractivity contribution in [2.24, 2.45) is 0 Å². The van der Waals surface area contributed by atoms with Crippen molar-refractivity contribution in [3.05, 3.63) is 23.9 Å². The third-order valence-electron chi connectivity index (χ3n) is 5.79. The van der Waals surface area contributed by atoms with Gasteiger partial charge in [0, 0.05) is 42.0 Å². The molecule has 0 spiro atoms. The summed E-state index contributed by atoms with van der Waals surface area (Å²) < 4.78 is 11.5. The first-order chi connectivity index (χ1) is 14.4. The Morgan fingerprint density at radius 3 is 2.80 bits per heavy atom. The summed E-state index contributed by atoms with van der Waals surface area (Å²) in [5, 5.41) is 6.44. The van der Waals surface area contributed by atoms with Gasteiger partial charge in [0.2, 0.25) is 0 Å². The molecule has 1 aromatic carbocycles. The number of anilines is 1. The van der Waals surface area contributed by atoms with Crippen LogP contribution in [0.2, 0.25) is 0 Å². The monoisotopic (exact) mass is 413 g/mol. The normalized spacial score (nSPS) is 18.0. The number of hydrogen-bond acceptors (Lipinski definition) is 7. The number of hydroxylamine groups is 2. The zero-order valence-electron chi connectivity index (χ0n) is 18.1. The van der Waals surface area contributed by atoms with Crippen LogP contribution >= 0.6 is 0 Å². The predicted octanol–water partition coefficient (Wildman–Crippen LogP) is 4.09. The zero-order valence-corrected chi connectivity index (χ0v) is 18.1. The van der Waals surface area contributed by atoms with Crippen LogP contribution in [0.5, 0.6) is 11.5 Å². The average Bonchev–Trinajstić information content (AvgIpc) is 3.22. The molecule has 1 fully saturated rings. The number of rotatable bonds is 7. The van der Waals surface area contributed by atoms with E-state index in [-0.39, 0.29) is 11.5 Å². The molecular formula is C23H31N3O4. The summed E-state index contributed by atoms with van der Waals surface area (Å²) in [6.07, 6.45) is 7.12. The molecule has 4 rings (SSSR count). The van der Waals surface area contributed by atoms with Crippen molar-refractivity contribution in [3.63, 3.8) is 0 Å². The van der Waals surface area contributed by atoms with Gasteiger partial charge in [-0.05, 0) is 57.6 Å². The molecule has 0 aliphatic carbocycles. The van der Waals surface area contributed by atoms with E-state index in [4.69, 9.17) is 14.3 Å². The molecule has 2 aliphatic rings. The van der Waals surface area contributed by atoms with Crippen molar-refractivity contribution >= 4 is 22.6 Å². The van der Waals surface area contributed by atoms with Crippen molar-refractivity contribution in [2.75, 3.05) is 32.1 Å². The third-order valence-corrected chi connectivity index (χ3v) is 5.79. The number of hydrogen-bond donors (Lipinski definition) is 1. The number of nitrogens with one attached hydrogen (secondary N) is 1. The number of fused-ring (bicyclic) bond motifs is 3. The van der Waals surface area contributed by atoms with Gasteiger partial charge in [0.1, 0.15) is 0 Å². The molecule has 30 heavy (non-hydrogen) atoms. The molecule has 7 heteroatoms. The molecule has 0 atom stereocenters. The number of aryl methyl sites for hydroxylation is 1. The summed E-state index contributed by atoms with van der Waals surface area (Å²) in [6, 6.07) is 3.91. The minimum Gasteiger partial charge on any atom is -0.493 e. The van der Waals surface area contributed by atoms with Gasteiger partial charge in [-0.1, -0.05) is 0 Å². The van der Waals surface area contributed by atoms with Crippen molar-refractivity contribution in [1.82, 2.24) is 10.0 Å². The molecule has 0 amide bonds. The number of benzene rings is 1. The van der Waals surface area contributed by atoms with Gasteiger partial charge in [0.15, 0.2) is 11.5 Å². The maximum atomic E-state index is 11.9. The highest BCUT2D eigenvalue weighted by Gasteiger charge is 2.26. The molecule has 0 unspecified atom stereocenters. The Labute approximate surface area is 177 Å². The lowest BCUT2D eigenvalue weighted by molar-refractivity contribution is -0.185. The minimum absolute atomic E-state index is 0.0490. The highest BCUT2D eigenvalue weighted by Crippen LogP contribution is 2.40. The Morgan fingerprint density at radius 2 is 2.03 bits per heavy atom. The fourth-order valence-electron chi connectivity index (χ4n) is 4.07. The number of ether oxygens (including phenoxy) is 2. The van der Waals surface area contributed by atoms with E-state index in [0.29, 0.717) is 30.9 Å². The largest absolute Gasteiger partial charge is 0.493 e. The summed E-state index contributed by atoms with van der Waals surface area (Å²) >= 11 is 0. The van der Waals surface area contributed by atoms with E-state index in [0.717, 1.165) is 55.4 Å². The van der Waals surface area contributed by atoms with E-state index in [1.807, 2.05) is 18.3 Å². The molecule has 162 valence electrons. The Balaban J connectivity index is 1.42. The number of aromatic nitrogens is 1. The molecule has 2 aliphatic heterocycles. The van der Waals surface area contributed by atoms with Gasteiger partial charge >= 0.3 is 5.97 Å². The van der Waals surface area contributed by atoms with Crippen molar-refractivity contribution in [1.29, 1.82) is 0 Å². The van der Waals surface area contributed by atoms with Crippen LogP contribution in [0.4, 0.5) is 5.69 Å². The molecule has 1 saturated heterocycles. The van der Waals surface area contributed by atoms with Gasteiger partial charge in [-0.2, -0.15) is 0 Å². The molecule has 2 aromatic rings. The summed E-state index contributed by atoms with van der Waals surface area (Å²) in [4.78, 5) is 21.9. The topological polar surface area (TPSA) is 72.9 Å². The average molecular weight is 414 g/mol. The van der Waals surface area contributed by atoms with Crippen molar-refractivity contribution < 1.29 is 19.1 Å². The van der Waals surface area contributed by atoms with Crippen LogP contribution in [0.25, 0.3) is 10.9 Å². The maximum Gasteiger partial charge on any atom is 0.325 e. The number of nitrogens with zero attached hydrogens (tertiary/aromatic N) is 2. The van der Waals surface area contributed by atoms with E-state index in [1.54, 1.807) is 12.2 Å². The van der Waals surface area contributed by atoms with Crippen LogP contribution in [0, 0.1) is 0 Å². The quantitative estimate of drug-likeness (QED) is 0.685. The van der Waals surface area contributed by atoms with Crippen LogP contribution in [-0.4, -0.2) is 48.4 Å². The van der Waals surface area contributed by atoms with Crippen LogP contribution in [0.1, 0.15) is 51.5 Å². The van der Waals surface area contributed by atoms with Gasteiger partial charge in [-0.3, -0.25) is 9.78 Å². The van der Waals surface area contributed by atoms with Gasteiger partial charge < -0.3 is 19.6 Å². The highest BCUT2D eigenvalue weighted by molar-refractivity contribution is 5.95.